The zero-order valence-corrected chi connectivity index (χ0v) is 16.7. The van der Waals surface area contributed by atoms with Gasteiger partial charge in [-0.25, -0.2) is 4.79 Å². The fourth-order valence-electron chi connectivity index (χ4n) is 4.88. The maximum atomic E-state index is 12.9. The predicted molar refractivity (Wildman–Crippen MR) is 111 cm³/mol. The number of benzene rings is 1. The van der Waals surface area contributed by atoms with Crippen molar-refractivity contribution < 1.29 is 9.59 Å². The lowest BCUT2D eigenvalue weighted by molar-refractivity contribution is 0.0860. The monoisotopic (exact) mass is 384 g/mol. The summed E-state index contributed by atoms with van der Waals surface area (Å²) in [5.41, 5.74) is 1.41. The number of nitrogens with zero attached hydrogens (tertiary/aromatic N) is 2. The number of nitrogens with one attached hydrogen (secondary N) is 2. The van der Waals surface area contributed by atoms with Crippen LogP contribution in [0.25, 0.3) is 0 Å². The van der Waals surface area contributed by atoms with E-state index in [-0.39, 0.29) is 18.0 Å². The number of carbonyl (C=O) groups is 2. The molecule has 152 valence electrons. The Hall–Kier alpha value is -2.08. The summed E-state index contributed by atoms with van der Waals surface area (Å²) in [6, 6.07) is 8.21. The number of piperidine rings is 1. The predicted octanol–water partition coefficient (Wildman–Crippen LogP) is 3.13. The summed E-state index contributed by atoms with van der Waals surface area (Å²) in [6.45, 7) is 3.42. The number of carbonyl (C=O) groups excluding carboxylic acids is 2. The van der Waals surface area contributed by atoms with E-state index in [4.69, 9.17) is 0 Å². The van der Waals surface area contributed by atoms with Gasteiger partial charge in [-0.15, -0.1) is 0 Å². The zero-order chi connectivity index (χ0) is 19.3. The van der Waals surface area contributed by atoms with Gasteiger partial charge in [-0.2, -0.15) is 0 Å². The van der Waals surface area contributed by atoms with Crippen molar-refractivity contribution in [2.75, 3.05) is 31.1 Å². The molecule has 6 heteroatoms. The molecule has 4 rings (SSSR count). The number of rotatable bonds is 4. The van der Waals surface area contributed by atoms with E-state index >= 15 is 0 Å². The molecule has 0 bridgehead atoms. The van der Waals surface area contributed by atoms with Crippen molar-refractivity contribution in [1.29, 1.82) is 0 Å². The van der Waals surface area contributed by atoms with E-state index in [2.05, 4.69) is 15.5 Å². The minimum Gasteiger partial charge on any atom is -0.348 e. The molecule has 3 amide bonds. The average Bonchev–Trinajstić information content (AvgIpc) is 2.97. The van der Waals surface area contributed by atoms with Crippen molar-refractivity contribution in [1.82, 2.24) is 15.5 Å². The van der Waals surface area contributed by atoms with Crippen LogP contribution in [0.4, 0.5) is 10.5 Å². The van der Waals surface area contributed by atoms with Gasteiger partial charge in [0.2, 0.25) is 0 Å². The largest absolute Gasteiger partial charge is 0.348 e. The quantitative estimate of drug-likeness (QED) is 0.784. The third-order valence-corrected chi connectivity index (χ3v) is 6.41. The smallest absolute Gasteiger partial charge is 0.321 e. The lowest BCUT2D eigenvalue weighted by Crippen LogP contribution is -2.50. The van der Waals surface area contributed by atoms with Crippen molar-refractivity contribution in [3.8, 4) is 0 Å². The molecule has 1 aromatic carbocycles. The minimum absolute atomic E-state index is 0.0332. The first kappa shape index (κ1) is 19.2. The van der Waals surface area contributed by atoms with Gasteiger partial charge in [0.05, 0.1) is 0 Å². The maximum absolute atomic E-state index is 12.9. The van der Waals surface area contributed by atoms with Crippen LogP contribution in [0, 0.1) is 0 Å². The van der Waals surface area contributed by atoms with E-state index in [1.54, 1.807) is 4.90 Å². The van der Waals surface area contributed by atoms with Gasteiger partial charge in [0, 0.05) is 43.0 Å². The van der Waals surface area contributed by atoms with Gasteiger partial charge in [0.15, 0.2) is 0 Å². The number of urea groups is 1. The summed E-state index contributed by atoms with van der Waals surface area (Å²) in [6.07, 6.45) is 10.2. The zero-order valence-electron chi connectivity index (χ0n) is 16.7. The molecule has 1 aromatic rings. The molecule has 0 radical (unpaired) electrons. The van der Waals surface area contributed by atoms with Crippen LogP contribution in [-0.2, 0) is 0 Å². The Bertz CT molecular complexity index is 700. The van der Waals surface area contributed by atoms with E-state index < -0.39 is 0 Å². The molecule has 28 heavy (non-hydrogen) atoms. The second kappa shape index (κ2) is 8.95. The first-order chi connectivity index (χ1) is 13.7. The standard InChI is InChI=1S/C22H32N4O2/c27-21(17-7-5-11-20(15-17)26-14-12-23-22(26)28)24-18-8-6-13-25(16-18)19-9-3-1-2-4-10-19/h5,7,11,15,18-19H,1-4,6,8-10,12-14,16H2,(H,23,28)(H,24,27)/t18-/m0/s1. The minimum atomic E-state index is -0.0936. The number of likely N-dealkylation sites (tertiary alicyclic amines) is 1. The van der Waals surface area contributed by atoms with Crippen molar-refractivity contribution in [2.24, 2.45) is 0 Å². The highest BCUT2D eigenvalue weighted by Crippen LogP contribution is 2.25. The molecule has 0 unspecified atom stereocenters. The average molecular weight is 385 g/mol. The topological polar surface area (TPSA) is 64.7 Å². The lowest BCUT2D eigenvalue weighted by Gasteiger charge is -2.38. The van der Waals surface area contributed by atoms with Gasteiger partial charge >= 0.3 is 6.03 Å². The Morgan fingerprint density at radius 3 is 2.61 bits per heavy atom. The molecule has 3 aliphatic rings. The number of hydrogen-bond donors (Lipinski definition) is 2. The van der Waals surface area contributed by atoms with E-state index in [1.165, 1.54) is 38.5 Å². The SMILES string of the molecule is O=C(N[C@H]1CCCN(C2CCCCCC2)C1)c1cccc(N2CCNC2=O)c1. The summed E-state index contributed by atoms with van der Waals surface area (Å²) >= 11 is 0. The lowest BCUT2D eigenvalue weighted by atomic mass is 9.99. The highest BCUT2D eigenvalue weighted by Gasteiger charge is 2.28. The van der Waals surface area contributed by atoms with Crippen LogP contribution < -0.4 is 15.5 Å². The van der Waals surface area contributed by atoms with Crippen LogP contribution in [-0.4, -0.2) is 55.1 Å². The highest BCUT2D eigenvalue weighted by atomic mass is 16.2. The Labute approximate surface area is 167 Å². The molecule has 0 spiro atoms. The molecule has 2 N–H and O–H groups in total. The van der Waals surface area contributed by atoms with Crippen LogP contribution in [0.1, 0.15) is 61.7 Å². The second-order valence-electron chi connectivity index (χ2n) is 8.39. The number of amides is 3. The number of anilines is 1. The molecule has 1 atom stereocenters. The third-order valence-electron chi connectivity index (χ3n) is 6.41. The molecule has 2 heterocycles. The third kappa shape index (κ3) is 4.49. The molecule has 0 aromatic heterocycles. The molecule has 1 aliphatic carbocycles. The molecule has 3 fully saturated rings. The van der Waals surface area contributed by atoms with Gasteiger partial charge in [0.1, 0.15) is 0 Å². The van der Waals surface area contributed by atoms with Crippen LogP contribution >= 0.6 is 0 Å². The van der Waals surface area contributed by atoms with E-state index in [0.717, 1.165) is 31.6 Å². The first-order valence-electron chi connectivity index (χ1n) is 10.9. The molecule has 2 aliphatic heterocycles. The van der Waals surface area contributed by atoms with Gasteiger partial charge in [-0.05, 0) is 50.4 Å². The summed E-state index contributed by atoms with van der Waals surface area (Å²) in [5.74, 6) is -0.0332. The molecule has 1 saturated carbocycles. The highest BCUT2D eigenvalue weighted by molar-refractivity contribution is 5.98. The first-order valence-corrected chi connectivity index (χ1v) is 10.9. The Morgan fingerprint density at radius 2 is 1.86 bits per heavy atom. The van der Waals surface area contributed by atoms with Crippen LogP contribution in [0.3, 0.4) is 0 Å². The van der Waals surface area contributed by atoms with Crippen LogP contribution in [0.2, 0.25) is 0 Å². The molecular formula is C22H32N4O2. The van der Waals surface area contributed by atoms with Crippen molar-refractivity contribution in [3.05, 3.63) is 29.8 Å². The van der Waals surface area contributed by atoms with Gasteiger partial charge < -0.3 is 10.6 Å². The normalized spacial score (nSPS) is 24.6. The van der Waals surface area contributed by atoms with Crippen LogP contribution in [0.15, 0.2) is 24.3 Å². The Kier molecular flexibility index (Phi) is 6.15. The summed E-state index contributed by atoms with van der Waals surface area (Å²) in [7, 11) is 0. The van der Waals surface area contributed by atoms with E-state index in [1.807, 2.05) is 24.3 Å². The van der Waals surface area contributed by atoms with Crippen molar-refractivity contribution >= 4 is 17.6 Å². The molecule has 6 nitrogen and oxygen atoms in total. The van der Waals surface area contributed by atoms with Crippen LogP contribution in [0.5, 0.6) is 0 Å². The Balaban J connectivity index is 1.37. The summed E-state index contributed by atoms with van der Waals surface area (Å²) in [4.78, 5) is 29.0. The number of hydrogen-bond acceptors (Lipinski definition) is 3. The summed E-state index contributed by atoms with van der Waals surface area (Å²) < 4.78 is 0. The van der Waals surface area contributed by atoms with Gasteiger partial charge in [-0.3, -0.25) is 14.6 Å². The Morgan fingerprint density at radius 1 is 1.04 bits per heavy atom. The van der Waals surface area contributed by atoms with E-state index in [9.17, 15) is 9.59 Å². The summed E-state index contributed by atoms with van der Waals surface area (Å²) in [5, 5.41) is 6.05. The molecular weight excluding hydrogens is 352 g/mol. The van der Waals surface area contributed by atoms with Gasteiger partial charge in [-0.1, -0.05) is 31.7 Å². The molecule has 2 saturated heterocycles. The fraction of sp³-hybridized carbons (Fsp3) is 0.636. The second-order valence-corrected chi connectivity index (χ2v) is 8.39. The van der Waals surface area contributed by atoms with Crippen molar-refractivity contribution in [2.45, 2.75) is 63.5 Å². The van der Waals surface area contributed by atoms with Gasteiger partial charge in [0.25, 0.3) is 5.91 Å². The van der Waals surface area contributed by atoms with Crippen molar-refractivity contribution in [3.63, 3.8) is 0 Å². The fourth-order valence-corrected chi connectivity index (χ4v) is 4.88. The maximum Gasteiger partial charge on any atom is 0.321 e. The van der Waals surface area contributed by atoms with E-state index in [0.29, 0.717) is 24.7 Å².